The van der Waals surface area contributed by atoms with Gasteiger partial charge in [-0.1, -0.05) is 57.5 Å². The Morgan fingerprint density at radius 2 is 1.88 bits per heavy atom. The molecule has 0 aliphatic carbocycles. The zero-order valence-corrected chi connectivity index (χ0v) is 20.8. The Hall–Kier alpha value is -2.87. The number of nitrogens with zero attached hydrogens (tertiary/aromatic N) is 3. The van der Waals surface area contributed by atoms with Crippen molar-refractivity contribution in [3.8, 4) is 0 Å². The molecule has 1 amide bonds. The first-order valence-corrected chi connectivity index (χ1v) is 12.9. The van der Waals surface area contributed by atoms with E-state index in [1.165, 1.54) is 6.26 Å². The largest absolute Gasteiger partial charge is 0.459 e. The van der Waals surface area contributed by atoms with Crippen LogP contribution in [0.4, 0.5) is 0 Å². The molecule has 0 fully saturated rings. The number of carbonyl (C=O) groups is 1. The second kappa shape index (κ2) is 10.4. The molecule has 2 aromatic heterocycles. The van der Waals surface area contributed by atoms with Gasteiger partial charge in [0.1, 0.15) is 0 Å². The normalized spacial score (nSPS) is 12.0. The Kier molecular flexibility index (Phi) is 7.79. The topological polar surface area (TPSA) is 85.4 Å². The van der Waals surface area contributed by atoms with Crippen LogP contribution in [0.3, 0.4) is 0 Å². The quantitative estimate of drug-likeness (QED) is 0.427. The highest BCUT2D eigenvalue weighted by Crippen LogP contribution is 2.22. The fourth-order valence-electron chi connectivity index (χ4n) is 3.82. The van der Waals surface area contributed by atoms with Crippen molar-refractivity contribution in [2.24, 2.45) is 11.8 Å². The van der Waals surface area contributed by atoms with E-state index >= 15 is 0 Å². The van der Waals surface area contributed by atoms with Crippen LogP contribution in [0.2, 0.25) is 0 Å². The molecule has 7 nitrogen and oxygen atoms in total. The third-order valence-corrected chi connectivity index (χ3v) is 6.72. The Labute approximate surface area is 196 Å². The van der Waals surface area contributed by atoms with Gasteiger partial charge in [-0.3, -0.25) is 4.79 Å². The highest BCUT2D eigenvalue weighted by atomic mass is 32.2. The summed E-state index contributed by atoms with van der Waals surface area (Å²) in [5.41, 5.74) is 2.42. The molecule has 0 unspecified atom stereocenters. The lowest BCUT2D eigenvalue weighted by Gasteiger charge is -2.25. The summed E-state index contributed by atoms with van der Waals surface area (Å²) in [5.74, 6) is 0.345. The van der Waals surface area contributed by atoms with Gasteiger partial charge in [-0.2, -0.15) is 0 Å². The zero-order valence-electron chi connectivity index (χ0n) is 20.0. The molecule has 1 aromatic carbocycles. The molecule has 0 aliphatic heterocycles. The number of sulfone groups is 1. The summed E-state index contributed by atoms with van der Waals surface area (Å²) < 4.78 is 33.7. The molecule has 0 atom stereocenters. The SMILES string of the molecule is Cc1cccc(CS(=O)(=O)c2ncc(CN(CC(C)C)C(=O)c3ccco3)n2CC(C)C)c1. The second-order valence-electron chi connectivity index (χ2n) is 9.34. The van der Waals surface area contributed by atoms with Gasteiger partial charge in [0.05, 0.1) is 30.5 Å². The first-order valence-electron chi connectivity index (χ1n) is 11.2. The molecule has 178 valence electrons. The Morgan fingerprint density at radius 3 is 2.48 bits per heavy atom. The molecule has 0 N–H and O–H groups in total. The van der Waals surface area contributed by atoms with E-state index < -0.39 is 9.84 Å². The van der Waals surface area contributed by atoms with Gasteiger partial charge in [-0.25, -0.2) is 13.4 Å². The van der Waals surface area contributed by atoms with Gasteiger partial charge in [0.25, 0.3) is 5.91 Å². The summed E-state index contributed by atoms with van der Waals surface area (Å²) in [7, 11) is -3.68. The Morgan fingerprint density at radius 1 is 1.12 bits per heavy atom. The monoisotopic (exact) mass is 471 g/mol. The lowest BCUT2D eigenvalue weighted by Crippen LogP contribution is -2.34. The fraction of sp³-hybridized carbons (Fsp3) is 0.440. The fourth-order valence-corrected chi connectivity index (χ4v) is 5.31. The van der Waals surface area contributed by atoms with Crippen LogP contribution in [0, 0.1) is 18.8 Å². The lowest BCUT2D eigenvalue weighted by atomic mass is 10.2. The van der Waals surface area contributed by atoms with Gasteiger partial charge in [0.15, 0.2) is 5.76 Å². The number of aromatic nitrogens is 2. The van der Waals surface area contributed by atoms with E-state index in [1.807, 2.05) is 58.9 Å². The minimum Gasteiger partial charge on any atom is -0.459 e. The van der Waals surface area contributed by atoms with Crippen LogP contribution >= 0.6 is 0 Å². The van der Waals surface area contributed by atoms with E-state index in [2.05, 4.69) is 4.98 Å². The van der Waals surface area contributed by atoms with Crippen LogP contribution in [0.25, 0.3) is 0 Å². The minimum absolute atomic E-state index is 0.0441. The van der Waals surface area contributed by atoms with Gasteiger partial charge in [0, 0.05) is 13.1 Å². The summed E-state index contributed by atoms with van der Waals surface area (Å²) >= 11 is 0. The molecule has 0 saturated heterocycles. The number of hydrogen-bond donors (Lipinski definition) is 0. The molecule has 0 aliphatic rings. The van der Waals surface area contributed by atoms with Gasteiger partial charge in [0.2, 0.25) is 15.0 Å². The van der Waals surface area contributed by atoms with Crippen LogP contribution in [0.1, 0.15) is 55.1 Å². The Bertz CT molecular complexity index is 1180. The van der Waals surface area contributed by atoms with Gasteiger partial charge >= 0.3 is 0 Å². The molecule has 0 bridgehead atoms. The average molecular weight is 472 g/mol. The molecule has 0 saturated carbocycles. The van der Waals surface area contributed by atoms with Crippen molar-refractivity contribution in [3.05, 3.63) is 71.4 Å². The van der Waals surface area contributed by atoms with Crippen molar-refractivity contribution in [1.29, 1.82) is 0 Å². The van der Waals surface area contributed by atoms with E-state index in [0.717, 1.165) is 11.1 Å². The summed E-state index contributed by atoms with van der Waals surface area (Å²) in [6.07, 6.45) is 3.05. The maximum atomic E-state index is 13.3. The number of furan rings is 1. The molecule has 2 heterocycles. The smallest absolute Gasteiger partial charge is 0.289 e. The number of rotatable bonds is 10. The van der Waals surface area contributed by atoms with Crippen LogP contribution < -0.4 is 0 Å². The van der Waals surface area contributed by atoms with Crippen molar-refractivity contribution in [1.82, 2.24) is 14.5 Å². The minimum atomic E-state index is -3.68. The summed E-state index contributed by atoms with van der Waals surface area (Å²) in [5, 5.41) is 0.0441. The first kappa shape index (κ1) is 24.8. The number of aryl methyl sites for hydroxylation is 1. The molecular weight excluding hydrogens is 438 g/mol. The maximum absolute atomic E-state index is 13.3. The van der Waals surface area contributed by atoms with Gasteiger partial charge in [-0.15, -0.1) is 0 Å². The third-order valence-electron chi connectivity index (χ3n) is 5.12. The molecule has 8 heteroatoms. The van der Waals surface area contributed by atoms with Crippen molar-refractivity contribution >= 4 is 15.7 Å². The van der Waals surface area contributed by atoms with Crippen molar-refractivity contribution in [2.45, 2.75) is 58.6 Å². The summed E-state index contributed by atoms with van der Waals surface area (Å²) in [6.45, 7) is 11.3. The third kappa shape index (κ3) is 6.35. The molecular formula is C25H33N3O4S. The number of carbonyl (C=O) groups excluding carboxylic acids is 1. The predicted octanol–water partition coefficient (Wildman–Crippen LogP) is 4.71. The van der Waals surface area contributed by atoms with E-state index in [9.17, 15) is 13.2 Å². The maximum Gasteiger partial charge on any atom is 0.289 e. The lowest BCUT2D eigenvalue weighted by molar-refractivity contribution is 0.0685. The van der Waals surface area contributed by atoms with Crippen LogP contribution in [0.15, 0.2) is 58.4 Å². The van der Waals surface area contributed by atoms with Crippen LogP contribution in [0.5, 0.6) is 0 Å². The molecule has 0 radical (unpaired) electrons. The second-order valence-corrected chi connectivity index (χ2v) is 11.2. The molecule has 3 rings (SSSR count). The predicted molar refractivity (Wildman–Crippen MR) is 127 cm³/mol. The number of imidazole rings is 1. The zero-order chi connectivity index (χ0) is 24.2. The van der Waals surface area contributed by atoms with E-state index in [4.69, 9.17) is 4.42 Å². The van der Waals surface area contributed by atoms with Gasteiger partial charge < -0.3 is 13.9 Å². The average Bonchev–Trinajstić information content (AvgIpc) is 3.37. The van der Waals surface area contributed by atoms with Crippen LogP contribution in [-0.2, 0) is 28.7 Å². The first-order chi connectivity index (χ1) is 15.6. The van der Waals surface area contributed by atoms with Crippen molar-refractivity contribution in [3.63, 3.8) is 0 Å². The number of hydrogen-bond acceptors (Lipinski definition) is 5. The Balaban J connectivity index is 1.95. The highest BCUT2D eigenvalue weighted by Gasteiger charge is 2.27. The standard InChI is InChI=1S/C25H33N3O4S/c1-18(2)14-27(24(29)23-10-7-11-32-23)16-22-13-26-25(28(22)15-19(3)4)33(30,31)17-21-9-6-8-20(5)12-21/h6-13,18-19H,14-17H2,1-5H3. The van der Waals surface area contributed by atoms with E-state index in [0.29, 0.717) is 18.8 Å². The summed E-state index contributed by atoms with van der Waals surface area (Å²) in [4.78, 5) is 19.1. The highest BCUT2D eigenvalue weighted by molar-refractivity contribution is 7.90. The number of benzene rings is 1. The number of amides is 1. The molecule has 0 spiro atoms. The molecule has 3 aromatic rings. The van der Waals surface area contributed by atoms with Crippen molar-refractivity contribution in [2.75, 3.05) is 6.54 Å². The molecule has 33 heavy (non-hydrogen) atoms. The van der Waals surface area contributed by atoms with Crippen LogP contribution in [-0.4, -0.2) is 35.3 Å². The van der Waals surface area contributed by atoms with Crippen molar-refractivity contribution < 1.29 is 17.6 Å². The van der Waals surface area contributed by atoms with Gasteiger partial charge in [-0.05, 0) is 36.5 Å². The van der Waals surface area contributed by atoms with E-state index in [-0.39, 0.29) is 41.0 Å². The van der Waals surface area contributed by atoms with E-state index in [1.54, 1.807) is 27.8 Å². The summed E-state index contributed by atoms with van der Waals surface area (Å²) in [6, 6.07) is 10.8.